The normalized spacial score (nSPS) is 20.5. The van der Waals surface area contributed by atoms with Gasteiger partial charge < -0.3 is 0 Å². The molecule has 0 radical (unpaired) electrons. The molecular formula is C27H32F13NO2Sn. The summed E-state index contributed by atoms with van der Waals surface area (Å²) in [7, 11) is 0. The van der Waals surface area contributed by atoms with Crippen LogP contribution in [0.25, 0.3) is 0 Å². The van der Waals surface area contributed by atoms with E-state index in [1.54, 1.807) is 0 Å². The monoisotopic (exact) mass is 769 g/mol. The maximum absolute atomic E-state index is 14.1. The molecule has 0 saturated carbocycles. The molecule has 3 atom stereocenters. The van der Waals surface area contributed by atoms with Crippen molar-refractivity contribution in [2.75, 3.05) is 6.54 Å². The first-order valence-electron chi connectivity index (χ1n) is 13.5. The summed E-state index contributed by atoms with van der Waals surface area (Å²) in [5, 5.41) is 0. The van der Waals surface area contributed by atoms with Crippen LogP contribution < -0.4 is 3.58 Å². The van der Waals surface area contributed by atoms with E-state index in [1.165, 1.54) is 10.5 Å². The molecule has 1 fully saturated rings. The van der Waals surface area contributed by atoms with E-state index >= 15 is 0 Å². The molecule has 1 aromatic carbocycles. The molecule has 0 aromatic heterocycles. The van der Waals surface area contributed by atoms with Crippen LogP contribution >= 0.6 is 0 Å². The molecule has 1 aliphatic rings. The van der Waals surface area contributed by atoms with Crippen molar-refractivity contribution in [3.8, 4) is 0 Å². The van der Waals surface area contributed by atoms with E-state index in [9.17, 15) is 66.7 Å². The Labute approximate surface area is 249 Å². The second-order valence-electron chi connectivity index (χ2n) is 12.2. The summed E-state index contributed by atoms with van der Waals surface area (Å²) in [6.07, 6.45) is -11.5. The first-order chi connectivity index (χ1) is 19.6. The number of nitrogens with zero attached hydrogens (tertiary/aromatic N) is 1. The number of alkyl halides is 13. The molecule has 0 aliphatic carbocycles. The Bertz CT molecular complexity index is 1190. The molecule has 0 spiro atoms. The molecule has 3 unspecified atom stereocenters. The summed E-state index contributed by atoms with van der Waals surface area (Å²) in [4.78, 5) is 33.0. The zero-order chi connectivity index (χ0) is 34.5. The van der Waals surface area contributed by atoms with Gasteiger partial charge in [0.2, 0.25) is 0 Å². The molecule has 17 heteroatoms. The molecule has 252 valence electrons. The first-order valence-corrected chi connectivity index (χ1v) is 23.5. The predicted molar refractivity (Wildman–Crippen MR) is 136 cm³/mol. The van der Waals surface area contributed by atoms with Gasteiger partial charge in [-0.2, -0.15) is 57.1 Å². The molecule has 0 bridgehead atoms. The average Bonchev–Trinajstić information content (AvgIpc) is 3.07. The fourth-order valence-corrected chi connectivity index (χ4v) is 8.20. The summed E-state index contributed by atoms with van der Waals surface area (Å²) >= 11 is -2.32. The van der Waals surface area contributed by atoms with Gasteiger partial charge >= 0.3 is 186 Å². The van der Waals surface area contributed by atoms with Crippen LogP contribution in [0.4, 0.5) is 57.1 Å². The number of hydrogen-bond donors (Lipinski definition) is 0. The molecule has 0 N–H and O–H groups in total. The van der Waals surface area contributed by atoms with Crippen molar-refractivity contribution in [1.29, 1.82) is 0 Å². The van der Waals surface area contributed by atoms with Crippen LogP contribution in [0.5, 0.6) is 0 Å². The summed E-state index contributed by atoms with van der Waals surface area (Å²) in [6, 6.07) is 7.87. The molecular weight excluding hydrogens is 736 g/mol. The second kappa shape index (κ2) is 12.5. The van der Waals surface area contributed by atoms with E-state index in [0.29, 0.717) is 4.90 Å². The van der Waals surface area contributed by atoms with Crippen LogP contribution in [-0.4, -0.2) is 77.4 Å². The Morgan fingerprint density at radius 3 is 1.66 bits per heavy atom. The van der Waals surface area contributed by atoms with Crippen molar-refractivity contribution in [3.63, 3.8) is 0 Å². The van der Waals surface area contributed by atoms with Gasteiger partial charge in [0.1, 0.15) is 0 Å². The van der Waals surface area contributed by atoms with E-state index in [2.05, 4.69) is 14.8 Å². The Morgan fingerprint density at radius 1 is 0.727 bits per heavy atom. The fraction of sp³-hybridized carbons (Fsp3) is 0.704. The van der Waals surface area contributed by atoms with Crippen LogP contribution in [0, 0.1) is 11.8 Å². The summed E-state index contributed by atoms with van der Waals surface area (Å²) in [5.74, 6) is -40.4. The molecule has 2 rings (SSSR count). The van der Waals surface area contributed by atoms with Crippen molar-refractivity contribution in [3.05, 3.63) is 29.8 Å². The van der Waals surface area contributed by atoms with E-state index in [0.717, 1.165) is 5.56 Å². The van der Waals surface area contributed by atoms with Gasteiger partial charge in [0.25, 0.3) is 0 Å². The van der Waals surface area contributed by atoms with Gasteiger partial charge in [0.05, 0.1) is 0 Å². The molecule has 1 heterocycles. The van der Waals surface area contributed by atoms with Gasteiger partial charge in [-0.05, 0) is 0 Å². The maximum atomic E-state index is 14.1. The van der Waals surface area contributed by atoms with Gasteiger partial charge in [0, 0.05) is 6.42 Å². The van der Waals surface area contributed by atoms with Crippen LogP contribution in [0.1, 0.15) is 51.0 Å². The number of amides is 2. The minimum atomic E-state index is -7.95. The first kappa shape index (κ1) is 38.4. The quantitative estimate of drug-likeness (QED) is 0.0878. The van der Waals surface area contributed by atoms with Crippen LogP contribution in [-0.2, 0) is 9.59 Å². The summed E-state index contributed by atoms with van der Waals surface area (Å²) < 4.78 is 174. The molecule has 44 heavy (non-hydrogen) atoms. The minimum absolute atomic E-state index is 0.186. The van der Waals surface area contributed by atoms with Crippen molar-refractivity contribution >= 4 is 33.8 Å². The zero-order valence-electron chi connectivity index (χ0n) is 24.3. The van der Waals surface area contributed by atoms with Gasteiger partial charge in [-0.3, -0.25) is 0 Å². The van der Waals surface area contributed by atoms with E-state index in [4.69, 9.17) is 0 Å². The number of rotatable bonds is 13. The Kier molecular flexibility index (Phi) is 10.9. The number of benzene rings is 1. The van der Waals surface area contributed by atoms with Crippen molar-refractivity contribution in [1.82, 2.24) is 4.90 Å². The third-order valence-electron chi connectivity index (χ3n) is 7.92. The number of carbonyl (C=O) groups is 2. The number of unbranched alkanes of at least 4 members (excludes halogenated alkanes) is 1. The SMILES string of the molecule is CC(CC1C(=O)N(CCCCC(F)(F)C(F)(F)C(F)(F)C(F)(F)C(F)(F)C(F)(F)F)C(=O)C1C)c1cc[c]([Sn]([CH3])([CH3])[CH3])cc1. The Hall–Kier alpha value is -1.75. The van der Waals surface area contributed by atoms with Crippen LogP contribution in [0.2, 0.25) is 14.8 Å². The molecule has 1 aromatic rings. The van der Waals surface area contributed by atoms with Gasteiger partial charge in [-0.1, -0.05) is 0 Å². The Balaban J connectivity index is 2.07. The van der Waals surface area contributed by atoms with Crippen molar-refractivity contribution in [2.24, 2.45) is 11.8 Å². The zero-order valence-corrected chi connectivity index (χ0v) is 27.1. The number of likely N-dealkylation sites (tertiary alicyclic amines) is 1. The van der Waals surface area contributed by atoms with Gasteiger partial charge in [0.15, 0.2) is 0 Å². The number of hydrogen-bond acceptors (Lipinski definition) is 2. The number of halogens is 13. The van der Waals surface area contributed by atoms with Gasteiger partial charge in [-0.15, -0.1) is 0 Å². The summed E-state index contributed by atoms with van der Waals surface area (Å²) in [6.45, 7) is 2.64. The Morgan fingerprint density at radius 2 is 1.20 bits per heavy atom. The number of imide groups is 1. The molecule has 1 saturated heterocycles. The average molecular weight is 768 g/mol. The predicted octanol–water partition coefficient (Wildman–Crippen LogP) is 8.26. The second-order valence-corrected chi connectivity index (χ2v) is 26.7. The van der Waals surface area contributed by atoms with E-state index < -0.39 is 104 Å². The third kappa shape index (κ3) is 6.83. The molecule has 1 aliphatic heterocycles. The fourth-order valence-electron chi connectivity index (χ4n) is 4.87. The standard InChI is InChI=1S/C24H23F13NO2.3CH3.Sn/c1-13(15-8-4-3-5-9-15)12-16-14(2)17(39)38(18(16)40)11-7-6-10-19(25,26)20(27,28)21(29,30)22(31,32)23(33,34)24(35,36)37;;;;/h4-5,8-9,13-14,16H,6-7,10-12H2,1-2H3;3*1H3;. The van der Waals surface area contributed by atoms with E-state index in [1.807, 2.05) is 31.2 Å². The van der Waals surface area contributed by atoms with Crippen molar-refractivity contribution < 1.29 is 66.7 Å². The van der Waals surface area contributed by atoms with Crippen LogP contribution in [0.15, 0.2) is 24.3 Å². The topological polar surface area (TPSA) is 37.4 Å². The molecule has 2 amide bonds. The third-order valence-corrected chi connectivity index (χ3v) is 13.8. The summed E-state index contributed by atoms with van der Waals surface area (Å²) in [5.41, 5.74) is 0.897. The van der Waals surface area contributed by atoms with Crippen LogP contribution in [0.3, 0.4) is 0 Å². The van der Waals surface area contributed by atoms with E-state index in [-0.39, 0.29) is 12.3 Å². The number of carbonyl (C=O) groups excluding carboxylic acids is 2. The van der Waals surface area contributed by atoms with Gasteiger partial charge in [-0.25, -0.2) is 0 Å². The molecule has 3 nitrogen and oxygen atoms in total. The van der Waals surface area contributed by atoms with Crippen molar-refractivity contribution in [2.45, 2.75) is 96.1 Å².